The Morgan fingerprint density at radius 1 is 1.20 bits per heavy atom. The number of ether oxygens (including phenoxy) is 1. The number of H-pyrrole nitrogens is 1. The van der Waals surface area contributed by atoms with Gasteiger partial charge in [-0.25, -0.2) is 13.2 Å². The Labute approximate surface area is 173 Å². The first-order valence-corrected chi connectivity index (χ1v) is 10.8. The zero-order chi connectivity index (χ0) is 21.6. The molecule has 30 heavy (non-hydrogen) atoms. The van der Waals surface area contributed by atoms with Crippen LogP contribution in [0.25, 0.3) is 10.9 Å². The molecular weight excluding hydrogens is 406 g/mol. The molecule has 1 atom stereocenters. The second-order valence-corrected chi connectivity index (χ2v) is 8.97. The molecule has 1 amide bonds. The summed E-state index contributed by atoms with van der Waals surface area (Å²) >= 11 is 0. The lowest BCUT2D eigenvalue weighted by Gasteiger charge is -2.20. The molecule has 1 aliphatic heterocycles. The summed E-state index contributed by atoms with van der Waals surface area (Å²) in [5.74, 6) is -0.638. The SMILES string of the molecule is COC(=O)c1cc(NS(=O)(=O)c2ccc3c(c2)CC(C)N3C(C)=O)cc2[nH]ccc12. The predicted octanol–water partition coefficient (Wildman–Crippen LogP) is 3.05. The van der Waals surface area contributed by atoms with Crippen LogP contribution in [0, 0.1) is 0 Å². The van der Waals surface area contributed by atoms with Gasteiger partial charge in [0, 0.05) is 35.8 Å². The number of aromatic nitrogens is 1. The molecule has 8 nitrogen and oxygen atoms in total. The molecule has 2 heterocycles. The Kier molecular flexibility index (Phi) is 4.77. The van der Waals surface area contributed by atoms with Crippen molar-refractivity contribution < 1.29 is 22.7 Å². The van der Waals surface area contributed by atoms with Crippen molar-refractivity contribution >= 4 is 44.2 Å². The topological polar surface area (TPSA) is 109 Å². The molecule has 156 valence electrons. The van der Waals surface area contributed by atoms with E-state index in [1.807, 2.05) is 6.92 Å². The Bertz CT molecular complexity index is 1280. The third kappa shape index (κ3) is 3.30. The van der Waals surface area contributed by atoms with Crippen molar-refractivity contribution in [3.63, 3.8) is 0 Å². The molecule has 1 unspecified atom stereocenters. The summed E-state index contributed by atoms with van der Waals surface area (Å²) < 4.78 is 33.4. The number of sulfonamides is 1. The molecule has 1 aliphatic rings. The molecule has 0 spiro atoms. The van der Waals surface area contributed by atoms with E-state index in [1.165, 1.54) is 26.2 Å². The van der Waals surface area contributed by atoms with Crippen molar-refractivity contribution in [2.45, 2.75) is 31.2 Å². The van der Waals surface area contributed by atoms with Gasteiger partial charge in [-0.05, 0) is 55.3 Å². The number of hydrogen-bond donors (Lipinski definition) is 2. The first-order valence-electron chi connectivity index (χ1n) is 9.36. The van der Waals surface area contributed by atoms with E-state index in [9.17, 15) is 18.0 Å². The Hall–Kier alpha value is -3.33. The predicted molar refractivity (Wildman–Crippen MR) is 113 cm³/mol. The summed E-state index contributed by atoms with van der Waals surface area (Å²) in [5.41, 5.74) is 2.64. The summed E-state index contributed by atoms with van der Waals surface area (Å²) in [5, 5.41) is 0.639. The molecule has 0 bridgehead atoms. The quantitative estimate of drug-likeness (QED) is 0.622. The number of nitrogens with one attached hydrogen (secondary N) is 2. The molecule has 0 fully saturated rings. The van der Waals surface area contributed by atoms with Crippen molar-refractivity contribution in [2.24, 2.45) is 0 Å². The van der Waals surface area contributed by atoms with E-state index in [2.05, 4.69) is 9.71 Å². The number of amides is 1. The van der Waals surface area contributed by atoms with Crippen LogP contribution in [0.1, 0.15) is 29.8 Å². The third-order valence-corrected chi connectivity index (χ3v) is 6.62. The minimum atomic E-state index is -3.91. The molecule has 0 radical (unpaired) electrons. The van der Waals surface area contributed by atoms with Gasteiger partial charge in [0.25, 0.3) is 10.0 Å². The van der Waals surface area contributed by atoms with E-state index in [0.29, 0.717) is 17.3 Å². The molecule has 1 aromatic heterocycles. The number of methoxy groups -OCH3 is 1. The smallest absolute Gasteiger partial charge is 0.338 e. The van der Waals surface area contributed by atoms with Gasteiger partial charge < -0.3 is 14.6 Å². The van der Waals surface area contributed by atoms with Crippen LogP contribution < -0.4 is 9.62 Å². The largest absolute Gasteiger partial charge is 0.465 e. The van der Waals surface area contributed by atoms with Crippen LogP contribution in [0.3, 0.4) is 0 Å². The highest BCUT2D eigenvalue weighted by atomic mass is 32.2. The molecule has 2 aromatic carbocycles. The summed E-state index contributed by atoms with van der Waals surface area (Å²) in [7, 11) is -2.64. The lowest BCUT2D eigenvalue weighted by Crippen LogP contribution is -2.33. The second-order valence-electron chi connectivity index (χ2n) is 7.29. The maximum Gasteiger partial charge on any atom is 0.338 e. The van der Waals surface area contributed by atoms with Crippen LogP contribution in [-0.4, -0.2) is 38.4 Å². The summed E-state index contributed by atoms with van der Waals surface area (Å²) in [6, 6.07) is 9.49. The summed E-state index contributed by atoms with van der Waals surface area (Å²) in [6.07, 6.45) is 2.25. The van der Waals surface area contributed by atoms with Crippen LogP contribution in [0.5, 0.6) is 0 Å². The van der Waals surface area contributed by atoms with Gasteiger partial charge in [-0.1, -0.05) is 0 Å². The van der Waals surface area contributed by atoms with Crippen LogP contribution in [-0.2, 0) is 26.0 Å². The first-order chi connectivity index (χ1) is 14.2. The molecule has 3 aromatic rings. The minimum Gasteiger partial charge on any atom is -0.465 e. The van der Waals surface area contributed by atoms with Crippen LogP contribution in [0.4, 0.5) is 11.4 Å². The third-order valence-electron chi connectivity index (χ3n) is 5.24. The minimum absolute atomic E-state index is 0.0266. The van der Waals surface area contributed by atoms with Crippen LogP contribution in [0.15, 0.2) is 47.5 Å². The number of anilines is 2. The van der Waals surface area contributed by atoms with Crippen LogP contribution in [0.2, 0.25) is 0 Å². The zero-order valence-electron chi connectivity index (χ0n) is 16.7. The standard InChI is InChI=1S/C21H21N3O5S/c1-12-8-14-9-16(4-5-20(14)24(12)13(2)25)30(27,28)23-15-10-18(21(26)29-3)17-6-7-22-19(17)11-15/h4-7,9-12,22-23H,8H2,1-3H3. The highest BCUT2D eigenvalue weighted by Gasteiger charge is 2.30. The first kappa shape index (κ1) is 20.0. The molecule has 9 heteroatoms. The molecular formula is C21H21N3O5S. The van der Waals surface area contributed by atoms with E-state index in [1.54, 1.807) is 35.4 Å². The van der Waals surface area contributed by atoms with E-state index in [-0.39, 0.29) is 28.1 Å². The summed E-state index contributed by atoms with van der Waals surface area (Å²) in [6.45, 7) is 3.42. The normalized spacial score (nSPS) is 15.8. The fourth-order valence-corrected chi connectivity index (χ4v) is 5.06. The van der Waals surface area contributed by atoms with E-state index < -0.39 is 16.0 Å². The van der Waals surface area contributed by atoms with E-state index >= 15 is 0 Å². The molecule has 0 aliphatic carbocycles. The zero-order valence-corrected chi connectivity index (χ0v) is 17.5. The van der Waals surface area contributed by atoms with Gasteiger partial charge in [0.1, 0.15) is 0 Å². The van der Waals surface area contributed by atoms with Gasteiger partial charge in [-0.3, -0.25) is 9.52 Å². The van der Waals surface area contributed by atoms with Gasteiger partial charge >= 0.3 is 5.97 Å². The highest BCUT2D eigenvalue weighted by molar-refractivity contribution is 7.92. The second kappa shape index (κ2) is 7.17. The lowest BCUT2D eigenvalue weighted by atomic mass is 10.1. The maximum absolute atomic E-state index is 13.0. The van der Waals surface area contributed by atoms with Crippen molar-refractivity contribution in [1.82, 2.24) is 4.98 Å². The number of fused-ring (bicyclic) bond motifs is 2. The van der Waals surface area contributed by atoms with Gasteiger partial charge in [0.15, 0.2) is 0 Å². The fraction of sp³-hybridized carbons (Fsp3) is 0.238. The number of carbonyl (C=O) groups is 2. The lowest BCUT2D eigenvalue weighted by molar-refractivity contribution is -0.116. The van der Waals surface area contributed by atoms with Crippen molar-refractivity contribution in [3.8, 4) is 0 Å². The van der Waals surface area contributed by atoms with Gasteiger partial charge in [0.05, 0.1) is 23.3 Å². The monoisotopic (exact) mass is 427 g/mol. The highest BCUT2D eigenvalue weighted by Crippen LogP contribution is 2.34. The van der Waals surface area contributed by atoms with E-state index in [4.69, 9.17) is 4.74 Å². The average molecular weight is 427 g/mol. The van der Waals surface area contributed by atoms with Gasteiger partial charge in [-0.2, -0.15) is 0 Å². The number of nitrogens with zero attached hydrogens (tertiary/aromatic N) is 1. The van der Waals surface area contributed by atoms with Crippen molar-refractivity contribution in [3.05, 3.63) is 53.7 Å². The molecule has 2 N–H and O–H groups in total. The Morgan fingerprint density at radius 3 is 2.67 bits per heavy atom. The average Bonchev–Trinajstić information content (AvgIpc) is 3.28. The molecule has 0 saturated carbocycles. The number of hydrogen-bond acceptors (Lipinski definition) is 5. The van der Waals surface area contributed by atoms with Crippen molar-refractivity contribution in [2.75, 3.05) is 16.7 Å². The van der Waals surface area contributed by atoms with Gasteiger partial charge in [-0.15, -0.1) is 0 Å². The Balaban J connectivity index is 1.70. The van der Waals surface area contributed by atoms with Gasteiger partial charge in [0.2, 0.25) is 5.91 Å². The molecule has 4 rings (SSSR count). The maximum atomic E-state index is 13.0. The number of benzene rings is 2. The number of rotatable bonds is 4. The number of esters is 1. The number of carbonyl (C=O) groups excluding carboxylic acids is 2. The van der Waals surface area contributed by atoms with Crippen molar-refractivity contribution in [1.29, 1.82) is 0 Å². The van der Waals surface area contributed by atoms with E-state index in [0.717, 1.165) is 11.3 Å². The Morgan fingerprint density at radius 2 is 1.97 bits per heavy atom. The molecule has 0 saturated heterocycles. The fourth-order valence-electron chi connectivity index (χ4n) is 3.97. The van der Waals surface area contributed by atoms with Crippen LogP contribution >= 0.6 is 0 Å². The number of aromatic amines is 1. The summed E-state index contributed by atoms with van der Waals surface area (Å²) in [4.78, 5) is 28.7.